The summed E-state index contributed by atoms with van der Waals surface area (Å²) in [6.07, 6.45) is 0.426. The number of nitrogens with one attached hydrogen (secondary N) is 2. The zero-order chi connectivity index (χ0) is 29.4. The molecule has 0 aliphatic heterocycles. The lowest BCUT2D eigenvalue weighted by Gasteiger charge is -2.38. The zero-order valence-corrected chi connectivity index (χ0v) is 23.3. The minimum absolute atomic E-state index is 0.0948. The number of guanidine groups is 1. The molecule has 2 rings (SSSR count). The maximum atomic E-state index is 14.0. The van der Waals surface area contributed by atoms with Crippen LogP contribution in [0.15, 0.2) is 35.2 Å². The van der Waals surface area contributed by atoms with Crippen LogP contribution in [0.2, 0.25) is 0 Å². The molecule has 0 heterocycles. The van der Waals surface area contributed by atoms with Gasteiger partial charge in [-0.1, -0.05) is 6.07 Å². The van der Waals surface area contributed by atoms with Crippen molar-refractivity contribution in [2.24, 2.45) is 11.5 Å². The zero-order valence-electron chi connectivity index (χ0n) is 22.5. The molecule has 0 spiro atoms. The first-order valence-corrected chi connectivity index (χ1v) is 13.7. The summed E-state index contributed by atoms with van der Waals surface area (Å²) in [5.41, 5.74) is 11.3. The highest BCUT2D eigenvalue weighted by Crippen LogP contribution is 2.36. The number of carbonyl (C=O) groups is 2. The van der Waals surface area contributed by atoms with Gasteiger partial charge in [-0.25, -0.2) is 13.2 Å². The Labute approximate surface area is 227 Å². The summed E-state index contributed by atoms with van der Waals surface area (Å²) in [6, 6.07) is 6.16. The van der Waals surface area contributed by atoms with Crippen LogP contribution in [0.4, 0.5) is 0 Å². The highest BCUT2D eigenvalue weighted by molar-refractivity contribution is 7.93. The van der Waals surface area contributed by atoms with Crippen LogP contribution in [0.25, 0.3) is 10.8 Å². The molecule has 2 aromatic carbocycles. The van der Waals surface area contributed by atoms with Gasteiger partial charge in [0.25, 0.3) is 0 Å². The first kappa shape index (κ1) is 31.6. The Hall–Kier alpha value is -3.62. The van der Waals surface area contributed by atoms with Gasteiger partial charge in [0, 0.05) is 19.7 Å². The van der Waals surface area contributed by atoms with E-state index in [0.29, 0.717) is 28.7 Å². The van der Waals surface area contributed by atoms with Crippen molar-refractivity contribution in [3.63, 3.8) is 0 Å². The van der Waals surface area contributed by atoms with Crippen LogP contribution >= 0.6 is 0 Å². The van der Waals surface area contributed by atoms with Crippen molar-refractivity contribution in [2.75, 3.05) is 40.5 Å². The van der Waals surface area contributed by atoms with Gasteiger partial charge in [-0.05, 0) is 61.7 Å². The average Bonchev–Trinajstić information content (AvgIpc) is 2.90. The summed E-state index contributed by atoms with van der Waals surface area (Å²) < 4.78 is 43.9. The number of methoxy groups -OCH3 is 2. The second-order valence-corrected chi connectivity index (χ2v) is 11.1. The summed E-state index contributed by atoms with van der Waals surface area (Å²) in [6.45, 7) is 2.79. The number of rotatable bonds is 15. The van der Waals surface area contributed by atoms with E-state index in [0.717, 1.165) is 11.8 Å². The Morgan fingerprint density at radius 2 is 1.77 bits per heavy atom. The van der Waals surface area contributed by atoms with Gasteiger partial charge in [0.2, 0.25) is 20.6 Å². The van der Waals surface area contributed by atoms with E-state index in [9.17, 15) is 23.1 Å². The number of benzene rings is 2. The molecule has 216 valence electrons. The van der Waals surface area contributed by atoms with Crippen molar-refractivity contribution < 1.29 is 37.3 Å². The maximum absolute atomic E-state index is 14.0. The first-order valence-electron chi connectivity index (χ1n) is 12.2. The number of hydrogen-bond donors (Lipinski definition) is 5. The fraction of sp³-hybridized carbons (Fsp3) is 0.480. The van der Waals surface area contributed by atoms with Crippen molar-refractivity contribution in [2.45, 2.75) is 42.5 Å². The summed E-state index contributed by atoms with van der Waals surface area (Å²) in [5, 5.41) is 21.2. The standard InChI is InChI=1S/C25H37N5O8S/c1-5-38-12-11-30(22(31)19(26)7-6-10-29-24(27)28)25(2,23(32)33)39(34,35)18-9-8-16-14-20(36-3)21(37-4)15-17(16)13-18/h8-9,13-15,19H,5-7,10-12,26H2,1-4H3,(H,32,33)(H4,27,28,29)/t19-,25+/m0/s1. The van der Waals surface area contributed by atoms with E-state index in [4.69, 9.17) is 31.1 Å². The molecule has 0 unspecified atom stereocenters. The van der Waals surface area contributed by atoms with E-state index < -0.39 is 32.6 Å². The molecule has 0 radical (unpaired) electrons. The van der Waals surface area contributed by atoms with Gasteiger partial charge in [-0.2, -0.15) is 0 Å². The number of carboxylic acids is 1. The summed E-state index contributed by atoms with van der Waals surface area (Å²) in [4.78, 5) is 23.9. The molecular weight excluding hydrogens is 530 g/mol. The van der Waals surface area contributed by atoms with E-state index in [2.05, 4.69) is 5.32 Å². The second-order valence-electron chi connectivity index (χ2n) is 8.78. The van der Waals surface area contributed by atoms with Crippen LogP contribution in [0.3, 0.4) is 0 Å². The molecule has 0 aliphatic rings. The predicted molar refractivity (Wildman–Crippen MR) is 146 cm³/mol. The van der Waals surface area contributed by atoms with Crippen molar-refractivity contribution in [3.8, 4) is 11.5 Å². The minimum atomic E-state index is -4.71. The lowest BCUT2D eigenvalue weighted by atomic mass is 10.1. The lowest BCUT2D eigenvalue weighted by Crippen LogP contribution is -2.63. The molecule has 7 N–H and O–H groups in total. The topological polar surface area (TPSA) is 207 Å². The molecule has 1 amide bonds. The van der Waals surface area contributed by atoms with Crippen LogP contribution in [-0.2, 0) is 24.2 Å². The van der Waals surface area contributed by atoms with Gasteiger partial charge in [0.05, 0.1) is 31.8 Å². The molecule has 0 aromatic heterocycles. The van der Waals surface area contributed by atoms with Gasteiger partial charge in [-0.15, -0.1) is 0 Å². The van der Waals surface area contributed by atoms with Crippen molar-refractivity contribution in [1.29, 1.82) is 5.41 Å². The van der Waals surface area contributed by atoms with Gasteiger partial charge < -0.3 is 41.0 Å². The Balaban J connectivity index is 2.56. The molecular formula is C25H37N5O8S. The number of amides is 1. The largest absolute Gasteiger partial charge is 0.493 e. The van der Waals surface area contributed by atoms with E-state index in [-0.39, 0.29) is 43.6 Å². The van der Waals surface area contributed by atoms with Gasteiger partial charge in [0.15, 0.2) is 17.5 Å². The molecule has 0 saturated heterocycles. The van der Waals surface area contributed by atoms with Crippen LogP contribution in [-0.4, -0.2) is 87.7 Å². The molecule has 2 atom stereocenters. The molecule has 0 bridgehead atoms. The number of nitrogens with two attached hydrogens (primary N) is 2. The molecule has 2 aromatic rings. The number of carbonyl (C=O) groups excluding carboxylic acids is 1. The third kappa shape index (κ3) is 6.88. The first-order chi connectivity index (χ1) is 18.3. The third-order valence-electron chi connectivity index (χ3n) is 6.31. The van der Waals surface area contributed by atoms with E-state index in [1.54, 1.807) is 19.1 Å². The highest BCUT2D eigenvalue weighted by atomic mass is 32.2. The maximum Gasteiger partial charge on any atom is 0.345 e. The van der Waals surface area contributed by atoms with Crippen LogP contribution < -0.4 is 26.3 Å². The number of ether oxygens (including phenoxy) is 3. The summed E-state index contributed by atoms with van der Waals surface area (Å²) in [5.74, 6) is -2.05. The monoisotopic (exact) mass is 567 g/mol. The number of nitrogens with zero attached hydrogens (tertiary/aromatic N) is 1. The Bertz CT molecular complexity index is 1300. The normalized spacial score (nSPS) is 13.8. The predicted octanol–water partition coefficient (Wildman–Crippen LogP) is 0.887. The highest BCUT2D eigenvalue weighted by Gasteiger charge is 2.54. The fourth-order valence-corrected chi connectivity index (χ4v) is 5.72. The quantitative estimate of drug-likeness (QED) is 0.116. The minimum Gasteiger partial charge on any atom is -0.493 e. The van der Waals surface area contributed by atoms with E-state index in [1.807, 2.05) is 0 Å². The van der Waals surface area contributed by atoms with Crippen LogP contribution in [0.1, 0.15) is 26.7 Å². The Morgan fingerprint density at radius 1 is 1.15 bits per heavy atom. The number of fused-ring (bicyclic) bond motifs is 1. The SMILES string of the molecule is CCOCCN(C(=O)[C@@H](N)CCCNC(=N)N)[C@@](C)(C(=O)O)S(=O)(=O)c1ccc2cc(OC)c(OC)cc2c1. The molecule has 0 saturated carbocycles. The van der Waals surface area contributed by atoms with Crippen LogP contribution in [0.5, 0.6) is 11.5 Å². The average molecular weight is 568 g/mol. The number of carboxylic acid groups (broad SMARTS) is 1. The van der Waals surface area contributed by atoms with Crippen molar-refractivity contribution in [1.82, 2.24) is 10.2 Å². The molecule has 0 aliphatic carbocycles. The van der Waals surface area contributed by atoms with Gasteiger partial charge in [-0.3, -0.25) is 10.2 Å². The second kappa shape index (κ2) is 13.4. The smallest absolute Gasteiger partial charge is 0.345 e. The van der Waals surface area contributed by atoms with E-state index >= 15 is 0 Å². The van der Waals surface area contributed by atoms with E-state index in [1.165, 1.54) is 32.4 Å². The molecule has 39 heavy (non-hydrogen) atoms. The molecule has 14 heteroatoms. The van der Waals surface area contributed by atoms with Gasteiger partial charge in [0.1, 0.15) is 0 Å². The third-order valence-corrected chi connectivity index (χ3v) is 8.63. The number of hydrogen-bond acceptors (Lipinski definition) is 9. The summed E-state index contributed by atoms with van der Waals surface area (Å²) in [7, 11) is -1.80. The fourth-order valence-electron chi connectivity index (χ4n) is 4.03. The molecule has 13 nitrogen and oxygen atoms in total. The van der Waals surface area contributed by atoms with Gasteiger partial charge >= 0.3 is 5.97 Å². The summed E-state index contributed by atoms with van der Waals surface area (Å²) >= 11 is 0. The van der Waals surface area contributed by atoms with Crippen molar-refractivity contribution in [3.05, 3.63) is 30.3 Å². The Kier molecular flexibility index (Phi) is 10.9. The number of sulfone groups is 1. The van der Waals surface area contributed by atoms with Crippen molar-refractivity contribution >= 4 is 38.4 Å². The lowest BCUT2D eigenvalue weighted by molar-refractivity contribution is -0.153. The number of aliphatic carboxylic acids is 1. The molecule has 0 fully saturated rings. The Morgan fingerprint density at radius 3 is 2.31 bits per heavy atom. The van der Waals surface area contributed by atoms with Crippen LogP contribution in [0, 0.1) is 5.41 Å².